The van der Waals surface area contributed by atoms with E-state index in [9.17, 15) is 0 Å². The van der Waals surface area contributed by atoms with Crippen molar-refractivity contribution >= 4 is 5.69 Å². The average Bonchev–Trinajstić information content (AvgIpc) is 2.25. The van der Waals surface area contributed by atoms with Crippen molar-refractivity contribution in [1.29, 1.82) is 0 Å². The standard InChI is InChI=1S/C15H23NO/c1-6-16-13-9-10(2)14-12(11(13)3)7-8-15(4,5)17-14/h9,16H,6-8H2,1-5H3. The third-order valence-electron chi connectivity index (χ3n) is 3.57. The van der Waals surface area contributed by atoms with E-state index in [2.05, 4.69) is 46.0 Å². The lowest BCUT2D eigenvalue weighted by atomic mass is 9.89. The normalized spacial score (nSPS) is 17.2. The van der Waals surface area contributed by atoms with Crippen LogP contribution in [-0.4, -0.2) is 12.1 Å². The highest BCUT2D eigenvalue weighted by atomic mass is 16.5. The van der Waals surface area contributed by atoms with Gasteiger partial charge in [-0.25, -0.2) is 0 Å². The minimum absolute atomic E-state index is 0.0239. The Kier molecular flexibility index (Phi) is 3.07. The van der Waals surface area contributed by atoms with Crippen LogP contribution in [-0.2, 0) is 6.42 Å². The zero-order chi connectivity index (χ0) is 12.6. The molecule has 1 aliphatic heterocycles. The van der Waals surface area contributed by atoms with E-state index in [1.54, 1.807) is 0 Å². The molecule has 0 aliphatic carbocycles. The minimum atomic E-state index is -0.0239. The van der Waals surface area contributed by atoms with E-state index >= 15 is 0 Å². The van der Waals surface area contributed by atoms with Gasteiger partial charge in [-0.3, -0.25) is 0 Å². The molecule has 1 N–H and O–H groups in total. The zero-order valence-corrected chi connectivity index (χ0v) is 11.6. The first-order valence-corrected chi connectivity index (χ1v) is 6.50. The molecule has 0 fully saturated rings. The van der Waals surface area contributed by atoms with E-state index in [0.717, 1.165) is 25.1 Å². The van der Waals surface area contributed by atoms with E-state index in [0.29, 0.717) is 0 Å². The molecule has 94 valence electrons. The Labute approximate surface area is 104 Å². The molecule has 2 nitrogen and oxygen atoms in total. The van der Waals surface area contributed by atoms with Crippen LogP contribution in [0.2, 0.25) is 0 Å². The number of hydrogen-bond acceptors (Lipinski definition) is 2. The quantitative estimate of drug-likeness (QED) is 0.838. The smallest absolute Gasteiger partial charge is 0.126 e. The molecule has 0 spiro atoms. The summed E-state index contributed by atoms with van der Waals surface area (Å²) in [6.45, 7) is 11.8. The van der Waals surface area contributed by atoms with Crippen LogP contribution in [0.15, 0.2) is 6.07 Å². The summed E-state index contributed by atoms with van der Waals surface area (Å²) in [5.41, 5.74) is 5.22. The molecule has 2 rings (SSSR count). The lowest BCUT2D eigenvalue weighted by molar-refractivity contribution is 0.0835. The number of hydrogen-bond donors (Lipinski definition) is 1. The van der Waals surface area contributed by atoms with Gasteiger partial charge >= 0.3 is 0 Å². The Balaban J connectivity index is 2.48. The van der Waals surface area contributed by atoms with Gasteiger partial charge in [0.1, 0.15) is 11.4 Å². The van der Waals surface area contributed by atoms with Crippen molar-refractivity contribution in [2.24, 2.45) is 0 Å². The fourth-order valence-corrected chi connectivity index (χ4v) is 2.53. The Hall–Kier alpha value is -1.18. The van der Waals surface area contributed by atoms with Gasteiger partial charge < -0.3 is 10.1 Å². The highest BCUT2D eigenvalue weighted by Gasteiger charge is 2.29. The molecule has 0 saturated heterocycles. The predicted octanol–water partition coefficient (Wildman–Crippen LogP) is 3.84. The number of anilines is 1. The first-order valence-electron chi connectivity index (χ1n) is 6.50. The summed E-state index contributed by atoms with van der Waals surface area (Å²) < 4.78 is 6.14. The molecule has 17 heavy (non-hydrogen) atoms. The summed E-state index contributed by atoms with van der Waals surface area (Å²) in [5.74, 6) is 1.11. The second-order valence-electron chi connectivity index (χ2n) is 5.57. The molecule has 0 unspecified atom stereocenters. The van der Waals surface area contributed by atoms with Crippen LogP contribution in [0.3, 0.4) is 0 Å². The van der Waals surface area contributed by atoms with E-state index in [-0.39, 0.29) is 5.60 Å². The molecule has 1 aliphatic rings. The van der Waals surface area contributed by atoms with Crippen LogP contribution >= 0.6 is 0 Å². The molecular weight excluding hydrogens is 210 g/mol. The van der Waals surface area contributed by atoms with Crippen LogP contribution in [0.5, 0.6) is 5.75 Å². The molecule has 1 heterocycles. The lowest BCUT2D eigenvalue weighted by Gasteiger charge is -2.35. The lowest BCUT2D eigenvalue weighted by Crippen LogP contribution is -2.33. The molecule has 1 aromatic rings. The molecule has 0 saturated carbocycles. The van der Waals surface area contributed by atoms with Crippen molar-refractivity contribution in [2.75, 3.05) is 11.9 Å². The van der Waals surface area contributed by atoms with Gasteiger partial charge in [-0.05, 0) is 70.2 Å². The average molecular weight is 233 g/mol. The maximum Gasteiger partial charge on any atom is 0.126 e. The topological polar surface area (TPSA) is 21.3 Å². The SMILES string of the molecule is CCNc1cc(C)c2c(c1C)CCC(C)(C)O2. The van der Waals surface area contributed by atoms with Gasteiger partial charge in [0, 0.05) is 12.2 Å². The van der Waals surface area contributed by atoms with Gasteiger partial charge in [0.15, 0.2) is 0 Å². The number of rotatable bonds is 2. The second-order valence-corrected chi connectivity index (χ2v) is 5.57. The van der Waals surface area contributed by atoms with Crippen LogP contribution < -0.4 is 10.1 Å². The van der Waals surface area contributed by atoms with Gasteiger partial charge in [0.05, 0.1) is 0 Å². The highest BCUT2D eigenvalue weighted by molar-refractivity contribution is 5.62. The summed E-state index contributed by atoms with van der Waals surface area (Å²) in [7, 11) is 0. The minimum Gasteiger partial charge on any atom is -0.487 e. The van der Waals surface area contributed by atoms with Crippen LogP contribution in [0.4, 0.5) is 5.69 Å². The van der Waals surface area contributed by atoms with Crippen LogP contribution in [0, 0.1) is 13.8 Å². The highest BCUT2D eigenvalue weighted by Crippen LogP contribution is 2.40. The summed E-state index contributed by atoms with van der Waals surface area (Å²) >= 11 is 0. The third kappa shape index (κ3) is 2.26. The predicted molar refractivity (Wildman–Crippen MR) is 73.1 cm³/mol. The Morgan fingerprint density at radius 2 is 2.06 bits per heavy atom. The van der Waals surface area contributed by atoms with Crippen molar-refractivity contribution in [2.45, 2.75) is 53.1 Å². The van der Waals surface area contributed by atoms with E-state index in [1.165, 1.54) is 22.4 Å². The monoisotopic (exact) mass is 233 g/mol. The first-order chi connectivity index (χ1) is 7.94. The largest absolute Gasteiger partial charge is 0.487 e. The van der Waals surface area contributed by atoms with E-state index < -0.39 is 0 Å². The molecule has 0 radical (unpaired) electrons. The van der Waals surface area contributed by atoms with Gasteiger partial charge in [0.25, 0.3) is 0 Å². The number of benzene rings is 1. The molecule has 2 heteroatoms. The van der Waals surface area contributed by atoms with Crippen LogP contribution in [0.25, 0.3) is 0 Å². The molecule has 1 aromatic carbocycles. The number of aryl methyl sites for hydroxylation is 1. The first kappa shape index (κ1) is 12.3. The summed E-state index contributed by atoms with van der Waals surface area (Å²) in [6.07, 6.45) is 2.21. The maximum atomic E-state index is 6.14. The van der Waals surface area contributed by atoms with Gasteiger partial charge in [0.2, 0.25) is 0 Å². The number of ether oxygens (including phenoxy) is 1. The van der Waals surface area contributed by atoms with E-state index in [1.807, 2.05) is 0 Å². The molecule has 0 aromatic heterocycles. The van der Waals surface area contributed by atoms with Crippen molar-refractivity contribution in [1.82, 2.24) is 0 Å². The van der Waals surface area contributed by atoms with Crippen LogP contribution in [0.1, 0.15) is 43.9 Å². The zero-order valence-electron chi connectivity index (χ0n) is 11.6. The second kappa shape index (κ2) is 4.25. The fourth-order valence-electron chi connectivity index (χ4n) is 2.53. The summed E-state index contributed by atoms with van der Waals surface area (Å²) in [5, 5.41) is 3.43. The Bertz CT molecular complexity index is 435. The van der Waals surface area contributed by atoms with Gasteiger partial charge in [-0.1, -0.05) is 0 Å². The fraction of sp³-hybridized carbons (Fsp3) is 0.600. The Morgan fingerprint density at radius 1 is 1.35 bits per heavy atom. The van der Waals surface area contributed by atoms with Crippen molar-refractivity contribution < 1.29 is 4.74 Å². The number of nitrogens with one attached hydrogen (secondary N) is 1. The van der Waals surface area contributed by atoms with Crippen molar-refractivity contribution in [3.05, 3.63) is 22.8 Å². The molecule has 0 amide bonds. The van der Waals surface area contributed by atoms with Gasteiger partial charge in [-0.2, -0.15) is 0 Å². The molecule has 0 atom stereocenters. The summed E-state index contributed by atoms with van der Waals surface area (Å²) in [6, 6.07) is 2.21. The van der Waals surface area contributed by atoms with Crippen molar-refractivity contribution in [3.63, 3.8) is 0 Å². The van der Waals surface area contributed by atoms with E-state index in [4.69, 9.17) is 4.74 Å². The summed E-state index contributed by atoms with van der Waals surface area (Å²) in [4.78, 5) is 0. The molecule has 0 bridgehead atoms. The third-order valence-corrected chi connectivity index (χ3v) is 3.57. The number of fused-ring (bicyclic) bond motifs is 1. The maximum absolute atomic E-state index is 6.14. The van der Waals surface area contributed by atoms with Gasteiger partial charge in [-0.15, -0.1) is 0 Å². The molecular formula is C15H23NO. The van der Waals surface area contributed by atoms with Crippen molar-refractivity contribution in [3.8, 4) is 5.75 Å². The Morgan fingerprint density at radius 3 is 2.71 bits per heavy atom.